The van der Waals surface area contributed by atoms with Crippen LogP contribution in [0, 0.1) is 12.1 Å². The van der Waals surface area contributed by atoms with Crippen molar-refractivity contribution < 1.29 is 30.2 Å². The zero-order valence-corrected chi connectivity index (χ0v) is 37.6. The van der Waals surface area contributed by atoms with Gasteiger partial charge >= 0.3 is 21.1 Å². The summed E-state index contributed by atoms with van der Waals surface area (Å²) in [4.78, 5) is 15.3. The third kappa shape index (κ3) is 7.50. The van der Waals surface area contributed by atoms with Crippen molar-refractivity contribution >= 4 is 33.0 Å². The van der Waals surface area contributed by atoms with Crippen molar-refractivity contribution in [2.24, 2.45) is 0 Å². The Morgan fingerprint density at radius 3 is 2.00 bits per heavy atom. The molecule has 7 aromatic carbocycles. The summed E-state index contributed by atoms with van der Waals surface area (Å²) in [5.41, 5.74) is 13.3. The Kier molecular flexibility index (Phi) is 10.6. The van der Waals surface area contributed by atoms with Crippen molar-refractivity contribution in [3.05, 3.63) is 206 Å². The number of aromatic nitrogens is 4. The predicted octanol–water partition coefficient (Wildman–Crippen LogP) is 14.7. The molecule has 0 amide bonds. The van der Waals surface area contributed by atoms with Crippen LogP contribution in [0.3, 0.4) is 0 Å². The summed E-state index contributed by atoms with van der Waals surface area (Å²) in [6, 6.07) is 69.0. The topological polar surface area (TPSA) is 66.0 Å². The Bertz CT molecular complexity index is 3460. The zero-order valence-electron chi connectivity index (χ0n) is 35.3. The quantitative estimate of drug-likeness (QED) is 0.142. The molecule has 4 aromatic heterocycles. The molecule has 0 aliphatic heterocycles. The normalized spacial score (nSPS) is 11.5. The van der Waals surface area contributed by atoms with Gasteiger partial charge in [0.25, 0.3) is 0 Å². The molecule has 0 fully saturated rings. The smallest absolute Gasteiger partial charge is 0.498 e. The van der Waals surface area contributed by atoms with Gasteiger partial charge < -0.3 is 18.7 Å². The Morgan fingerprint density at radius 2 is 1.23 bits per heavy atom. The van der Waals surface area contributed by atoms with Crippen molar-refractivity contribution in [3.63, 3.8) is 0 Å². The van der Waals surface area contributed by atoms with Crippen LogP contribution >= 0.6 is 0 Å². The maximum atomic E-state index is 6.94. The van der Waals surface area contributed by atoms with E-state index < -0.39 is 0 Å². The van der Waals surface area contributed by atoms with Gasteiger partial charge in [-0.15, -0.1) is 23.8 Å². The van der Waals surface area contributed by atoms with Crippen molar-refractivity contribution in [2.75, 3.05) is 0 Å². The second kappa shape index (κ2) is 16.7. The van der Waals surface area contributed by atoms with Crippen molar-refractivity contribution in [1.82, 2.24) is 19.5 Å². The number of nitrogens with zero attached hydrogens (tertiary/aromatic N) is 4. The molecule has 0 aliphatic rings. The van der Waals surface area contributed by atoms with Gasteiger partial charge in [-0.05, 0) is 52.6 Å². The van der Waals surface area contributed by atoms with Crippen LogP contribution in [-0.4, -0.2) is 19.5 Å². The number of fused-ring (bicyclic) bond motifs is 4. The molecule has 7 heteroatoms. The molecular formula is C57H40N4O2Pt. The Hall–Kier alpha value is -7.40. The fourth-order valence-corrected chi connectivity index (χ4v) is 8.35. The molecule has 0 aliphatic carbocycles. The van der Waals surface area contributed by atoms with Crippen molar-refractivity contribution in [3.8, 4) is 73.5 Å². The SMILES string of the molecule is CC(C)(C)c1ccnc(-c2[c-]c(Oc3[c-]c(-c4nc5ccccc5n4-c4ccccc4-c4ccccc4)ccc3)cc3c2oc2c(-c4ccccc4)nc(-c4ccccc4)cc23)c1.[Pt+2]. The van der Waals surface area contributed by atoms with E-state index >= 15 is 0 Å². The number of ether oxygens (including phenoxy) is 1. The Labute approximate surface area is 386 Å². The second-order valence-electron chi connectivity index (χ2n) is 16.7. The van der Waals surface area contributed by atoms with E-state index in [1.807, 2.05) is 85.1 Å². The maximum Gasteiger partial charge on any atom is 2.00 e. The van der Waals surface area contributed by atoms with Crippen LogP contribution in [0.25, 0.3) is 94.9 Å². The van der Waals surface area contributed by atoms with E-state index in [-0.39, 0.29) is 26.5 Å². The van der Waals surface area contributed by atoms with Gasteiger partial charge in [0, 0.05) is 45.5 Å². The summed E-state index contributed by atoms with van der Waals surface area (Å²) in [6.07, 6.45) is 1.86. The third-order valence-electron chi connectivity index (χ3n) is 11.5. The molecule has 0 N–H and O–H groups in total. The van der Waals surface area contributed by atoms with E-state index in [1.165, 1.54) is 0 Å². The summed E-state index contributed by atoms with van der Waals surface area (Å²) >= 11 is 0. The largest absolute Gasteiger partial charge is 2.00 e. The molecular weight excluding hydrogens is 968 g/mol. The van der Waals surface area contributed by atoms with Gasteiger partial charge in [0.1, 0.15) is 11.3 Å². The first-order chi connectivity index (χ1) is 30.9. The van der Waals surface area contributed by atoms with Crippen molar-refractivity contribution in [2.45, 2.75) is 26.2 Å². The molecule has 0 radical (unpaired) electrons. The van der Waals surface area contributed by atoms with Gasteiger partial charge in [-0.25, -0.2) is 4.98 Å². The average Bonchev–Trinajstić information content (AvgIpc) is 3.91. The van der Waals surface area contributed by atoms with Crippen LogP contribution in [-0.2, 0) is 26.5 Å². The van der Waals surface area contributed by atoms with Crippen LogP contribution in [0.1, 0.15) is 26.3 Å². The zero-order chi connectivity index (χ0) is 42.5. The minimum atomic E-state index is -0.110. The minimum Gasteiger partial charge on any atom is -0.498 e. The minimum absolute atomic E-state index is 0. The first-order valence-corrected chi connectivity index (χ1v) is 21.1. The van der Waals surface area contributed by atoms with Crippen LogP contribution in [0.2, 0.25) is 0 Å². The predicted molar refractivity (Wildman–Crippen MR) is 254 cm³/mol. The number of hydrogen-bond donors (Lipinski definition) is 0. The molecule has 11 rings (SSSR count). The van der Waals surface area contributed by atoms with E-state index in [4.69, 9.17) is 24.1 Å². The Balaban J connectivity index is 0.00000484. The third-order valence-corrected chi connectivity index (χ3v) is 11.5. The summed E-state index contributed by atoms with van der Waals surface area (Å²) in [5.74, 6) is 1.77. The van der Waals surface area contributed by atoms with Crippen LogP contribution in [0.15, 0.2) is 193 Å². The molecule has 0 atom stereocenters. The molecule has 0 spiro atoms. The fourth-order valence-electron chi connectivity index (χ4n) is 8.35. The first-order valence-electron chi connectivity index (χ1n) is 21.1. The van der Waals surface area contributed by atoms with Crippen LogP contribution in [0.4, 0.5) is 0 Å². The molecule has 4 heterocycles. The molecule has 0 saturated heterocycles. The number of benzene rings is 7. The number of imidazole rings is 1. The van der Waals surface area contributed by atoms with Gasteiger partial charge in [-0.3, -0.25) is 4.98 Å². The number of para-hydroxylation sites is 3. The van der Waals surface area contributed by atoms with Gasteiger partial charge in [0.2, 0.25) is 0 Å². The van der Waals surface area contributed by atoms with E-state index in [0.29, 0.717) is 28.2 Å². The molecule has 0 unspecified atom stereocenters. The second-order valence-corrected chi connectivity index (χ2v) is 16.7. The monoisotopic (exact) mass is 1010 g/mol. The summed E-state index contributed by atoms with van der Waals surface area (Å²) in [5, 5.41) is 1.78. The number of hydrogen-bond acceptors (Lipinski definition) is 5. The van der Waals surface area contributed by atoms with Crippen LogP contribution < -0.4 is 4.74 Å². The molecule has 64 heavy (non-hydrogen) atoms. The van der Waals surface area contributed by atoms with Gasteiger partial charge in [0.05, 0.1) is 28.1 Å². The standard InChI is InChI=1S/C57H40N4O2.Pt/c1-57(2,3)41-30-31-58-50(33-41)47-35-43(34-45-46-36-49(38-20-9-5-10-21-38)59-53(55(46)63-54(45)47)39-22-11-6-12-23-39)62-42-25-17-24-40(32-42)56-60-48-27-14-16-29-52(48)61(56)51-28-15-13-26-44(51)37-18-7-4-8-19-37;/h4-31,33-34,36H,1-3H3;/q-2;+2. The number of furan rings is 1. The summed E-state index contributed by atoms with van der Waals surface area (Å²) < 4.78 is 16.0. The maximum absolute atomic E-state index is 6.94. The molecule has 6 nitrogen and oxygen atoms in total. The average molecular weight is 1010 g/mol. The van der Waals surface area contributed by atoms with E-state index in [2.05, 4.69) is 141 Å². The van der Waals surface area contributed by atoms with Gasteiger partial charge in [0.15, 0.2) is 0 Å². The molecule has 310 valence electrons. The van der Waals surface area contributed by atoms with E-state index in [9.17, 15) is 0 Å². The van der Waals surface area contributed by atoms with Crippen LogP contribution in [0.5, 0.6) is 11.5 Å². The first kappa shape index (κ1) is 40.7. The van der Waals surface area contributed by atoms with Crippen molar-refractivity contribution in [1.29, 1.82) is 0 Å². The van der Waals surface area contributed by atoms with E-state index in [1.54, 1.807) is 0 Å². The molecule has 0 saturated carbocycles. The molecule has 0 bridgehead atoms. The fraction of sp³-hybridized carbons (Fsp3) is 0.0702. The van der Waals surface area contributed by atoms with E-state index in [0.717, 1.165) is 83.8 Å². The van der Waals surface area contributed by atoms with Gasteiger partial charge in [-0.2, -0.15) is 0 Å². The number of pyridine rings is 2. The Morgan fingerprint density at radius 1 is 0.562 bits per heavy atom. The summed E-state index contributed by atoms with van der Waals surface area (Å²) in [6.45, 7) is 6.60. The molecule has 11 aromatic rings. The number of rotatable bonds is 8. The summed E-state index contributed by atoms with van der Waals surface area (Å²) in [7, 11) is 0. The van der Waals surface area contributed by atoms with Gasteiger partial charge in [-0.1, -0.05) is 177 Å².